The molecule has 104 valence electrons. The van der Waals surface area contributed by atoms with Crippen LogP contribution in [0, 0.1) is 0 Å². The van der Waals surface area contributed by atoms with Crippen molar-refractivity contribution < 1.29 is 8.42 Å². The number of fused-ring (bicyclic) bond motifs is 1. The molecule has 1 N–H and O–H groups in total. The maximum Gasteiger partial charge on any atom is 0.180 e. The quantitative estimate of drug-likeness (QED) is 0.880. The first-order valence-corrected chi connectivity index (χ1v) is 8.48. The number of nitrogens with one attached hydrogen (secondary N) is 1. The Kier molecular flexibility index (Phi) is 3.37. The molecule has 2 aliphatic rings. The second-order valence-corrected chi connectivity index (χ2v) is 7.54. The molecule has 1 aromatic rings. The zero-order valence-corrected chi connectivity index (χ0v) is 12.0. The van der Waals surface area contributed by atoms with Crippen LogP contribution < -0.4 is 5.32 Å². The number of sulfone groups is 1. The zero-order chi connectivity index (χ0) is 13.5. The highest BCUT2D eigenvalue weighted by atomic mass is 32.2. The first-order valence-electron chi connectivity index (χ1n) is 6.83. The van der Waals surface area contributed by atoms with E-state index in [1.807, 2.05) is 12.1 Å². The van der Waals surface area contributed by atoms with Crippen molar-refractivity contribution >= 4 is 9.84 Å². The van der Waals surface area contributed by atoms with Gasteiger partial charge in [-0.2, -0.15) is 0 Å². The molecule has 1 atom stereocenters. The summed E-state index contributed by atoms with van der Waals surface area (Å²) in [7, 11) is -0.948. The zero-order valence-electron chi connectivity index (χ0n) is 11.2. The van der Waals surface area contributed by atoms with Gasteiger partial charge in [0.2, 0.25) is 0 Å². The molecule has 1 aliphatic heterocycles. The topological polar surface area (TPSA) is 49.4 Å². The summed E-state index contributed by atoms with van der Waals surface area (Å²) in [6, 6.07) is 8.03. The third-order valence-electron chi connectivity index (χ3n) is 4.04. The maximum absolute atomic E-state index is 12.0. The lowest BCUT2D eigenvalue weighted by Gasteiger charge is -2.18. The van der Waals surface area contributed by atoms with E-state index >= 15 is 0 Å². The molecule has 0 aromatic heterocycles. The molecule has 0 amide bonds. The van der Waals surface area contributed by atoms with Gasteiger partial charge in [0.15, 0.2) is 9.84 Å². The van der Waals surface area contributed by atoms with Crippen LogP contribution in [0.5, 0.6) is 0 Å². The van der Waals surface area contributed by atoms with E-state index in [2.05, 4.69) is 17.3 Å². The summed E-state index contributed by atoms with van der Waals surface area (Å²) in [5.41, 5.74) is 0.927. The lowest BCUT2D eigenvalue weighted by Crippen LogP contribution is -2.33. The van der Waals surface area contributed by atoms with E-state index in [9.17, 15) is 8.42 Å². The van der Waals surface area contributed by atoms with Crippen LogP contribution in [0.15, 0.2) is 29.2 Å². The van der Waals surface area contributed by atoms with Crippen LogP contribution >= 0.6 is 0 Å². The molecule has 0 bridgehead atoms. The van der Waals surface area contributed by atoms with Gasteiger partial charge >= 0.3 is 0 Å². The van der Waals surface area contributed by atoms with Gasteiger partial charge in [-0.05, 0) is 31.5 Å². The first kappa shape index (κ1) is 13.1. The number of hydrogen-bond acceptors (Lipinski definition) is 4. The van der Waals surface area contributed by atoms with Crippen molar-refractivity contribution in [1.82, 2.24) is 10.2 Å². The second-order valence-electron chi connectivity index (χ2n) is 5.54. The highest BCUT2D eigenvalue weighted by molar-refractivity contribution is 7.91. The van der Waals surface area contributed by atoms with Crippen molar-refractivity contribution in [3.05, 3.63) is 29.8 Å². The minimum atomic E-state index is -3.09. The van der Waals surface area contributed by atoms with E-state index in [-0.39, 0.29) is 11.8 Å². The van der Waals surface area contributed by atoms with Crippen molar-refractivity contribution in [3.63, 3.8) is 0 Å². The van der Waals surface area contributed by atoms with E-state index in [1.165, 1.54) is 12.8 Å². The lowest BCUT2D eigenvalue weighted by atomic mass is 10.1. The van der Waals surface area contributed by atoms with Crippen molar-refractivity contribution in [2.75, 3.05) is 25.9 Å². The molecule has 0 spiro atoms. The van der Waals surface area contributed by atoms with Gasteiger partial charge in [-0.3, -0.25) is 0 Å². The fourth-order valence-electron chi connectivity index (χ4n) is 2.73. The van der Waals surface area contributed by atoms with Crippen molar-refractivity contribution in [3.8, 4) is 0 Å². The molecule has 5 heteroatoms. The van der Waals surface area contributed by atoms with E-state index < -0.39 is 9.84 Å². The highest BCUT2D eigenvalue weighted by Gasteiger charge is 2.34. The SMILES string of the molecule is CN(CCNC1CS(=O)(=O)c2ccccc21)C1CC1. The maximum atomic E-state index is 12.0. The highest BCUT2D eigenvalue weighted by Crippen LogP contribution is 2.32. The summed E-state index contributed by atoms with van der Waals surface area (Å²) in [5, 5.41) is 3.39. The summed E-state index contributed by atoms with van der Waals surface area (Å²) in [6.07, 6.45) is 2.61. The molecular weight excluding hydrogens is 260 g/mol. The number of hydrogen-bond donors (Lipinski definition) is 1. The predicted octanol–water partition coefficient (Wildman–Crippen LogP) is 1.20. The van der Waals surface area contributed by atoms with Crippen LogP contribution in [-0.4, -0.2) is 45.2 Å². The number of rotatable bonds is 5. The van der Waals surface area contributed by atoms with Crippen molar-refractivity contribution in [2.45, 2.75) is 29.8 Å². The average molecular weight is 280 g/mol. The van der Waals surface area contributed by atoms with Gasteiger partial charge in [0.1, 0.15) is 0 Å². The van der Waals surface area contributed by atoms with E-state index in [0.29, 0.717) is 4.90 Å². The number of benzene rings is 1. The summed E-state index contributed by atoms with van der Waals surface area (Å²) >= 11 is 0. The summed E-state index contributed by atoms with van der Waals surface area (Å²) in [5.74, 6) is 0.194. The Morgan fingerprint density at radius 2 is 2.05 bits per heavy atom. The fourth-order valence-corrected chi connectivity index (χ4v) is 4.50. The number of nitrogens with zero attached hydrogens (tertiary/aromatic N) is 1. The molecular formula is C14H20N2O2S. The standard InChI is InChI=1S/C14H20N2O2S/c1-16(11-6-7-11)9-8-15-13-10-19(17,18)14-5-3-2-4-12(13)14/h2-5,11,13,15H,6-10H2,1H3. The van der Waals surface area contributed by atoms with Gasteiger partial charge in [0.25, 0.3) is 0 Å². The summed E-state index contributed by atoms with van der Waals surface area (Å²) < 4.78 is 24.1. The smallest absolute Gasteiger partial charge is 0.180 e. The van der Waals surface area contributed by atoms with Crippen LogP contribution in [0.25, 0.3) is 0 Å². The average Bonchev–Trinajstić information content (AvgIpc) is 3.18. The van der Waals surface area contributed by atoms with Crippen molar-refractivity contribution in [2.24, 2.45) is 0 Å². The Bertz CT molecular complexity index is 567. The van der Waals surface area contributed by atoms with E-state index in [4.69, 9.17) is 0 Å². The fraction of sp³-hybridized carbons (Fsp3) is 0.571. The predicted molar refractivity (Wildman–Crippen MR) is 74.9 cm³/mol. The van der Waals surface area contributed by atoms with Gasteiger partial charge in [0, 0.05) is 25.2 Å². The molecule has 1 heterocycles. The third-order valence-corrected chi connectivity index (χ3v) is 5.86. The molecule has 19 heavy (non-hydrogen) atoms. The van der Waals surface area contributed by atoms with E-state index in [0.717, 1.165) is 24.7 Å². The Morgan fingerprint density at radius 3 is 2.79 bits per heavy atom. The van der Waals surface area contributed by atoms with Crippen molar-refractivity contribution in [1.29, 1.82) is 0 Å². The molecule has 1 aromatic carbocycles. The van der Waals surface area contributed by atoms with Gasteiger partial charge in [-0.25, -0.2) is 8.42 Å². The van der Waals surface area contributed by atoms with Crippen LogP contribution in [0.1, 0.15) is 24.4 Å². The lowest BCUT2D eigenvalue weighted by molar-refractivity contribution is 0.317. The van der Waals surface area contributed by atoms with E-state index in [1.54, 1.807) is 12.1 Å². The molecule has 4 nitrogen and oxygen atoms in total. The Morgan fingerprint density at radius 1 is 1.32 bits per heavy atom. The Labute approximate surface area is 114 Å². The Balaban J connectivity index is 1.63. The number of likely N-dealkylation sites (N-methyl/N-ethyl adjacent to an activating group) is 1. The second kappa shape index (κ2) is 4.89. The van der Waals surface area contributed by atoms with Crippen LogP contribution in [0.4, 0.5) is 0 Å². The molecule has 1 saturated carbocycles. The molecule has 1 unspecified atom stereocenters. The normalized spacial score (nSPS) is 24.6. The van der Waals surface area contributed by atoms with Gasteiger partial charge in [-0.1, -0.05) is 18.2 Å². The third kappa shape index (κ3) is 2.68. The summed E-state index contributed by atoms with van der Waals surface area (Å²) in [4.78, 5) is 2.85. The molecule has 0 saturated heterocycles. The van der Waals surface area contributed by atoms with Crippen LogP contribution in [-0.2, 0) is 9.84 Å². The minimum Gasteiger partial charge on any atom is -0.308 e. The molecule has 1 fully saturated rings. The largest absolute Gasteiger partial charge is 0.308 e. The first-order chi connectivity index (χ1) is 9.08. The monoisotopic (exact) mass is 280 g/mol. The van der Waals surface area contributed by atoms with Gasteiger partial charge in [-0.15, -0.1) is 0 Å². The van der Waals surface area contributed by atoms with Gasteiger partial charge < -0.3 is 10.2 Å². The molecule has 1 aliphatic carbocycles. The molecule has 3 rings (SSSR count). The van der Waals surface area contributed by atoms with Crippen LogP contribution in [0.2, 0.25) is 0 Å². The van der Waals surface area contributed by atoms with Gasteiger partial charge in [0.05, 0.1) is 10.6 Å². The summed E-state index contributed by atoms with van der Waals surface area (Å²) in [6.45, 7) is 1.81. The molecule has 0 radical (unpaired) electrons. The minimum absolute atomic E-state index is 0.0474. The Hall–Kier alpha value is -0.910. The van der Waals surface area contributed by atoms with Crippen LogP contribution in [0.3, 0.4) is 0 Å².